The van der Waals surface area contributed by atoms with Crippen LogP contribution in [-0.2, 0) is 5.41 Å². The molecule has 0 N–H and O–H groups in total. The third kappa shape index (κ3) is 2.99. The molecule has 4 heteroatoms. The molecule has 0 saturated carbocycles. The van der Waals surface area contributed by atoms with Crippen LogP contribution in [0.5, 0.6) is 0 Å². The molecule has 0 radical (unpaired) electrons. The van der Waals surface area contributed by atoms with Crippen LogP contribution in [0.25, 0.3) is 55.6 Å². The van der Waals surface area contributed by atoms with Crippen molar-refractivity contribution in [2.75, 3.05) is 0 Å². The highest BCUT2D eigenvalue weighted by atomic mass is 16.3. The van der Waals surface area contributed by atoms with Crippen LogP contribution in [0.15, 0.2) is 88.0 Å². The summed E-state index contributed by atoms with van der Waals surface area (Å²) in [5.41, 5.74) is 5.44. The van der Waals surface area contributed by atoms with Gasteiger partial charge in [-0.2, -0.15) is 0 Å². The lowest BCUT2D eigenvalue weighted by Crippen LogP contribution is -2.12. The van der Waals surface area contributed by atoms with Crippen LogP contribution in [0, 0.1) is 0 Å². The lowest BCUT2D eigenvalue weighted by atomic mass is 9.82. The van der Waals surface area contributed by atoms with E-state index in [0.717, 1.165) is 33.3 Å². The highest BCUT2D eigenvalue weighted by Crippen LogP contribution is 2.38. The second-order valence-corrected chi connectivity index (χ2v) is 9.19. The van der Waals surface area contributed by atoms with Gasteiger partial charge in [0, 0.05) is 22.5 Å². The summed E-state index contributed by atoms with van der Waals surface area (Å²) in [6, 6.07) is 22.8. The highest BCUT2D eigenvalue weighted by Gasteiger charge is 2.20. The normalized spacial score (nSPS) is 12.2. The van der Waals surface area contributed by atoms with E-state index in [-0.39, 0.29) is 5.41 Å². The summed E-state index contributed by atoms with van der Waals surface area (Å²) in [4.78, 5) is 9.37. The molecule has 0 aliphatic carbocycles. The molecule has 32 heavy (non-hydrogen) atoms. The van der Waals surface area contributed by atoms with E-state index in [9.17, 15) is 0 Å². The molecule has 6 aromatic rings. The molecular weight excluding hydrogens is 396 g/mol. The molecule has 0 amide bonds. The van der Waals surface area contributed by atoms with E-state index >= 15 is 0 Å². The summed E-state index contributed by atoms with van der Waals surface area (Å²) >= 11 is 0. The minimum atomic E-state index is 0.00738. The van der Waals surface area contributed by atoms with Crippen LogP contribution >= 0.6 is 0 Å². The monoisotopic (exact) mass is 418 g/mol. The molecule has 0 saturated heterocycles. The van der Waals surface area contributed by atoms with Crippen molar-refractivity contribution >= 4 is 32.8 Å². The van der Waals surface area contributed by atoms with Gasteiger partial charge in [0.15, 0.2) is 5.76 Å². The van der Waals surface area contributed by atoms with Gasteiger partial charge in [-0.1, -0.05) is 45.0 Å². The summed E-state index contributed by atoms with van der Waals surface area (Å²) in [5.74, 6) is 0.699. The van der Waals surface area contributed by atoms with Crippen molar-refractivity contribution in [2.45, 2.75) is 26.2 Å². The average Bonchev–Trinajstić information content (AvgIpc) is 3.43. The van der Waals surface area contributed by atoms with Gasteiger partial charge in [-0.05, 0) is 64.2 Å². The molecule has 4 heterocycles. The van der Waals surface area contributed by atoms with Crippen molar-refractivity contribution in [3.63, 3.8) is 0 Å². The number of rotatable bonds is 2. The Labute approximate surface area is 185 Å². The van der Waals surface area contributed by atoms with Gasteiger partial charge in [0.2, 0.25) is 5.71 Å². The van der Waals surface area contributed by atoms with E-state index in [0.29, 0.717) is 11.5 Å². The highest BCUT2D eigenvalue weighted by molar-refractivity contribution is 5.98. The van der Waals surface area contributed by atoms with E-state index in [1.807, 2.05) is 30.3 Å². The molecule has 6 rings (SSSR count). The first-order valence-electron chi connectivity index (χ1n) is 10.7. The first-order chi connectivity index (χ1) is 15.5. The fourth-order valence-corrected chi connectivity index (χ4v) is 4.37. The Hall–Kier alpha value is -3.92. The van der Waals surface area contributed by atoms with E-state index < -0.39 is 0 Å². The van der Waals surface area contributed by atoms with Crippen molar-refractivity contribution in [2.24, 2.45) is 0 Å². The fourth-order valence-electron chi connectivity index (χ4n) is 4.37. The van der Waals surface area contributed by atoms with Crippen LogP contribution in [0.4, 0.5) is 0 Å². The molecule has 0 aliphatic heterocycles. The second kappa shape index (κ2) is 6.79. The van der Waals surface area contributed by atoms with Gasteiger partial charge in [-0.3, -0.25) is 4.98 Å². The number of benzene rings is 2. The maximum Gasteiger partial charge on any atom is 0.226 e. The van der Waals surface area contributed by atoms with Gasteiger partial charge in [0.05, 0.1) is 12.0 Å². The number of hydrogen-bond acceptors (Lipinski definition) is 4. The molecule has 4 aromatic heterocycles. The molecular formula is C28H22N2O2. The zero-order valence-electron chi connectivity index (χ0n) is 18.2. The number of furan rings is 2. The molecule has 0 fully saturated rings. The lowest BCUT2D eigenvalue weighted by molar-refractivity contribution is 0.596. The van der Waals surface area contributed by atoms with E-state index in [4.69, 9.17) is 13.8 Å². The first-order valence-corrected chi connectivity index (χ1v) is 10.7. The SMILES string of the molecule is CC(C)(C)c1cc(-c2nccc3oc(-c4ccc5ccoc5n4)cc23)cc2ccccc12. The zero-order valence-corrected chi connectivity index (χ0v) is 18.2. The topological polar surface area (TPSA) is 52.1 Å². The largest absolute Gasteiger partial charge is 0.454 e. The maximum atomic E-state index is 6.18. The quantitative estimate of drug-likeness (QED) is 0.288. The van der Waals surface area contributed by atoms with Crippen molar-refractivity contribution < 1.29 is 8.83 Å². The lowest BCUT2D eigenvalue weighted by Gasteiger charge is -2.22. The van der Waals surface area contributed by atoms with Crippen LogP contribution in [0.2, 0.25) is 0 Å². The number of fused-ring (bicyclic) bond motifs is 3. The number of pyridine rings is 2. The van der Waals surface area contributed by atoms with Crippen LogP contribution < -0.4 is 0 Å². The van der Waals surface area contributed by atoms with Gasteiger partial charge in [0.1, 0.15) is 11.3 Å². The van der Waals surface area contributed by atoms with Crippen molar-refractivity contribution in [1.82, 2.24) is 9.97 Å². The van der Waals surface area contributed by atoms with Gasteiger partial charge < -0.3 is 8.83 Å². The Morgan fingerprint density at radius 1 is 0.812 bits per heavy atom. The van der Waals surface area contributed by atoms with Crippen molar-refractivity contribution in [3.8, 4) is 22.7 Å². The van der Waals surface area contributed by atoms with Gasteiger partial charge in [-0.15, -0.1) is 0 Å². The molecule has 2 aromatic carbocycles. The molecule has 0 aliphatic rings. The molecule has 0 spiro atoms. The smallest absolute Gasteiger partial charge is 0.226 e. The van der Waals surface area contributed by atoms with Crippen molar-refractivity contribution in [1.29, 1.82) is 0 Å². The molecule has 156 valence electrons. The molecule has 0 unspecified atom stereocenters. The summed E-state index contributed by atoms with van der Waals surface area (Å²) in [6.07, 6.45) is 3.45. The molecule has 0 bridgehead atoms. The Morgan fingerprint density at radius 3 is 2.56 bits per heavy atom. The summed E-state index contributed by atoms with van der Waals surface area (Å²) in [7, 11) is 0. The van der Waals surface area contributed by atoms with Gasteiger partial charge >= 0.3 is 0 Å². The summed E-state index contributed by atoms with van der Waals surface area (Å²) in [5, 5.41) is 4.43. The third-order valence-corrected chi connectivity index (χ3v) is 5.96. The molecule has 4 nitrogen and oxygen atoms in total. The van der Waals surface area contributed by atoms with E-state index in [2.05, 4.69) is 62.2 Å². The summed E-state index contributed by atoms with van der Waals surface area (Å²) < 4.78 is 11.7. The Kier molecular flexibility index (Phi) is 3.99. The minimum Gasteiger partial charge on any atom is -0.454 e. The standard InChI is InChI=1S/C28H22N2O2/c1-28(2,3)22-15-19(14-18-6-4-5-7-20(18)22)26-21-16-25(32-24(21)10-12-29-26)23-9-8-17-11-13-31-27(17)30-23/h4-16H,1-3H3. The fraction of sp³-hybridized carbons (Fsp3) is 0.143. The number of aromatic nitrogens is 2. The second-order valence-electron chi connectivity index (χ2n) is 9.19. The number of nitrogens with zero attached hydrogens (tertiary/aromatic N) is 2. The predicted octanol–water partition coefficient (Wildman–Crippen LogP) is 7.75. The Morgan fingerprint density at radius 2 is 1.69 bits per heavy atom. The first kappa shape index (κ1) is 18.8. The molecule has 0 atom stereocenters. The van der Waals surface area contributed by atoms with E-state index in [1.165, 1.54) is 16.3 Å². The Balaban J connectivity index is 1.56. The van der Waals surface area contributed by atoms with Crippen molar-refractivity contribution in [3.05, 3.63) is 84.8 Å². The zero-order chi connectivity index (χ0) is 21.9. The predicted molar refractivity (Wildman–Crippen MR) is 129 cm³/mol. The maximum absolute atomic E-state index is 6.18. The van der Waals surface area contributed by atoms with Gasteiger partial charge in [0.25, 0.3) is 0 Å². The van der Waals surface area contributed by atoms with Crippen LogP contribution in [0.3, 0.4) is 0 Å². The summed E-state index contributed by atoms with van der Waals surface area (Å²) in [6.45, 7) is 6.75. The van der Waals surface area contributed by atoms with Crippen LogP contribution in [0.1, 0.15) is 26.3 Å². The van der Waals surface area contributed by atoms with Gasteiger partial charge in [-0.25, -0.2) is 4.98 Å². The number of hydrogen-bond donors (Lipinski definition) is 0. The minimum absolute atomic E-state index is 0.00738. The third-order valence-electron chi connectivity index (χ3n) is 5.96. The van der Waals surface area contributed by atoms with E-state index in [1.54, 1.807) is 12.5 Å². The Bertz CT molecular complexity index is 1620. The average molecular weight is 418 g/mol. The van der Waals surface area contributed by atoms with Crippen LogP contribution in [-0.4, -0.2) is 9.97 Å².